The summed E-state index contributed by atoms with van der Waals surface area (Å²) in [7, 11) is -3.84. The van der Waals surface area contributed by atoms with Crippen molar-refractivity contribution < 1.29 is 17.6 Å². The zero-order valence-corrected chi connectivity index (χ0v) is 14.1. The zero-order chi connectivity index (χ0) is 17.0. The molecule has 1 N–H and O–H groups in total. The normalized spacial score (nSPS) is 18.6. The number of carbonyl (C=O) groups is 1. The molecule has 0 bridgehead atoms. The Morgan fingerprint density at radius 3 is 2.43 bits per heavy atom. The number of sulfonamides is 1. The maximum absolute atomic E-state index is 13.8. The van der Waals surface area contributed by atoms with Gasteiger partial charge in [-0.25, -0.2) is 12.8 Å². The summed E-state index contributed by atoms with van der Waals surface area (Å²) < 4.78 is 40.1. The molecule has 1 aliphatic rings. The molecule has 0 unspecified atom stereocenters. The van der Waals surface area contributed by atoms with Gasteiger partial charge in [0, 0.05) is 32.7 Å². The summed E-state index contributed by atoms with van der Waals surface area (Å²) in [4.78, 5) is 13.5. The van der Waals surface area contributed by atoms with E-state index in [1.165, 1.54) is 22.5 Å². The summed E-state index contributed by atoms with van der Waals surface area (Å²) in [6.07, 6.45) is 0. The van der Waals surface area contributed by atoms with Gasteiger partial charge < -0.3 is 5.32 Å². The van der Waals surface area contributed by atoms with E-state index in [0.717, 1.165) is 6.07 Å². The molecule has 1 saturated heterocycles. The number of piperazine rings is 1. The minimum atomic E-state index is -3.84. The van der Waals surface area contributed by atoms with E-state index < -0.39 is 15.8 Å². The van der Waals surface area contributed by atoms with Crippen LogP contribution in [0.4, 0.5) is 4.39 Å². The van der Waals surface area contributed by atoms with E-state index in [1.807, 2.05) is 11.8 Å². The van der Waals surface area contributed by atoms with Crippen molar-refractivity contribution >= 4 is 15.9 Å². The Morgan fingerprint density at radius 2 is 1.87 bits per heavy atom. The number of likely N-dealkylation sites (N-methyl/N-ethyl adjacent to an activating group) is 1. The predicted molar refractivity (Wildman–Crippen MR) is 84.9 cm³/mol. The van der Waals surface area contributed by atoms with Crippen LogP contribution in [-0.4, -0.2) is 62.3 Å². The van der Waals surface area contributed by atoms with E-state index in [4.69, 9.17) is 0 Å². The van der Waals surface area contributed by atoms with Crippen molar-refractivity contribution in [1.29, 1.82) is 0 Å². The van der Waals surface area contributed by atoms with Crippen molar-refractivity contribution in [2.45, 2.75) is 24.8 Å². The van der Waals surface area contributed by atoms with Crippen LogP contribution in [0.15, 0.2) is 29.2 Å². The number of halogens is 1. The average molecular weight is 343 g/mol. The molecule has 0 aromatic heterocycles. The molecule has 1 aromatic rings. The second kappa shape index (κ2) is 7.37. The first-order valence-corrected chi connectivity index (χ1v) is 9.08. The van der Waals surface area contributed by atoms with E-state index >= 15 is 0 Å². The van der Waals surface area contributed by atoms with Crippen LogP contribution >= 0.6 is 0 Å². The highest BCUT2D eigenvalue weighted by Crippen LogP contribution is 2.20. The monoisotopic (exact) mass is 343 g/mol. The number of amides is 1. The van der Waals surface area contributed by atoms with E-state index in [-0.39, 0.29) is 29.9 Å². The standard InChI is InChI=1S/C15H22FN3O3S/c1-3-17-15(20)12(2)18-8-10-19(11-9-18)23(21,22)14-7-5-4-6-13(14)16/h4-7,12H,3,8-11H2,1-2H3,(H,17,20)/t12-/m1/s1. The van der Waals surface area contributed by atoms with Gasteiger partial charge >= 0.3 is 0 Å². The zero-order valence-electron chi connectivity index (χ0n) is 13.3. The van der Waals surface area contributed by atoms with Crippen LogP contribution in [-0.2, 0) is 14.8 Å². The van der Waals surface area contributed by atoms with Crippen LogP contribution < -0.4 is 5.32 Å². The van der Waals surface area contributed by atoms with E-state index in [2.05, 4.69) is 5.32 Å². The molecule has 1 heterocycles. The van der Waals surface area contributed by atoms with E-state index in [0.29, 0.717) is 19.6 Å². The summed E-state index contributed by atoms with van der Waals surface area (Å²) in [5.41, 5.74) is 0. The van der Waals surface area contributed by atoms with Gasteiger partial charge in [-0.2, -0.15) is 4.31 Å². The number of rotatable bonds is 5. The molecule has 23 heavy (non-hydrogen) atoms. The Morgan fingerprint density at radius 1 is 1.26 bits per heavy atom. The Kier molecular flexibility index (Phi) is 5.72. The number of hydrogen-bond donors (Lipinski definition) is 1. The van der Waals surface area contributed by atoms with Gasteiger partial charge in [-0.1, -0.05) is 12.1 Å². The first-order chi connectivity index (χ1) is 10.9. The molecule has 8 heteroatoms. The van der Waals surface area contributed by atoms with Gasteiger partial charge in [0.2, 0.25) is 15.9 Å². The molecule has 1 atom stereocenters. The molecule has 0 radical (unpaired) electrons. The summed E-state index contributed by atoms with van der Waals surface area (Å²) >= 11 is 0. The van der Waals surface area contributed by atoms with Crippen LogP contribution in [0.2, 0.25) is 0 Å². The third kappa shape index (κ3) is 3.88. The Bertz CT molecular complexity index is 658. The van der Waals surface area contributed by atoms with Crippen molar-refractivity contribution in [3.05, 3.63) is 30.1 Å². The molecular formula is C15H22FN3O3S. The molecule has 1 aliphatic heterocycles. The van der Waals surface area contributed by atoms with Crippen LogP contribution in [0.25, 0.3) is 0 Å². The van der Waals surface area contributed by atoms with Crippen molar-refractivity contribution in [2.24, 2.45) is 0 Å². The molecule has 0 aliphatic carbocycles. The quantitative estimate of drug-likeness (QED) is 0.853. The summed E-state index contributed by atoms with van der Waals surface area (Å²) in [5.74, 6) is -0.816. The van der Waals surface area contributed by atoms with E-state index in [9.17, 15) is 17.6 Å². The Hall–Kier alpha value is -1.51. The summed E-state index contributed by atoms with van der Waals surface area (Å²) in [6, 6.07) is 5.06. The lowest BCUT2D eigenvalue weighted by Crippen LogP contribution is -2.54. The first kappa shape index (κ1) is 17.8. The molecule has 2 rings (SSSR count). The van der Waals surface area contributed by atoms with Gasteiger partial charge in [-0.3, -0.25) is 9.69 Å². The molecule has 1 amide bonds. The lowest BCUT2D eigenvalue weighted by atomic mass is 10.2. The smallest absolute Gasteiger partial charge is 0.246 e. The highest BCUT2D eigenvalue weighted by molar-refractivity contribution is 7.89. The van der Waals surface area contributed by atoms with Crippen LogP contribution in [0, 0.1) is 5.82 Å². The van der Waals surface area contributed by atoms with Crippen molar-refractivity contribution in [3.8, 4) is 0 Å². The SMILES string of the molecule is CCNC(=O)[C@@H](C)N1CCN(S(=O)(=O)c2ccccc2F)CC1. The van der Waals surface area contributed by atoms with Crippen LogP contribution in [0.1, 0.15) is 13.8 Å². The molecule has 6 nitrogen and oxygen atoms in total. The molecule has 128 valence electrons. The molecular weight excluding hydrogens is 321 g/mol. The fraction of sp³-hybridized carbons (Fsp3) is 0.533. The fourth-order valence-electron chi connectivity index (χ4n) is 2.61. The maximum atomic E-state index is 13.8. The third-order valence-electron chi connectivity index (χ3n) is 4.01. The Labute approximate surface area is 136 Å². The Balaban J connectivity index is 2.04. The minimum Gasteiger partial charge on any atom is -0.355 e. The van der Waals surface area contributed by atoms with Gasteiger partial charge in [-0.15, -0.1) is 0 Å². The first-order valence-electron chi connectivity index (χ1n) is 7.64. The molecule has 0 spiro atoms. The van der Waals surface area contributed by atoms with E-state index in [1.54, 1.807) is 6.92 Å². The second-order valence-corrected chi connectivity index (χ2v) is 7.35. The van der Waals surface area contributed by atoms with Gasteiger partial charge in [-0.05, 0) is 26.0 Å². The van der Waals surface area contributed by atoms with Crippen molar-refractivity contribution in [3.63, 3.8) is 0 Å². The van der Waals surface area contributed by atoms with Crippen LogP contribution in [0.3, 0.4) is 0 Å². The minimum absolute atomic E-state index is 0.0714. The largest absolute Gasteiger partial charge is 0.355 e. The number of nitrogens with zero attached hydrogens (tertiary/aromatic N) is 2. The summed E-state index contributed by atoms with van der Waals surface area (Å²) in [6.45, 7) is 5.55. The maximum Gasteiger partial charge on any atom is 0.246 e. The lowest BCUT2D eigenvalue weighted by Gasteiger charge is -2.36. The topological polar surface area (TPSA) is 69.7 Å². The fourth-order valence-corrected chi connectivity index (χ4v) is 4.10. The number of nitrogens with one attached hydrogen (secondary N) is 1. The van der Waals surface area contributed by atoms with Gasteiger partial charge in [0.1, 0.15) is 10.7 Å². The van der Waals surface area contributed by atoms with Gasteiger partial charge in [0.25, 0.3) is 0 Å². The number of benzene rings is 1. The third-order valence-corrected chi connectivity index (χ3v) is 5.94. The predicted octanol–water partition coefficient (Wildman–Crippen LogP) is 0.657. The van der Waals surface area contributed by atoms with Crippen LogP contribution in [0.5, 0.6) is 0 Å². The molecule has 1 fully saturated rings. The van der Waals surface area contributed by atoms with Gasteiger partial charge in [0.05, 0.1) is 6.04 Å². The van der Waals surface area contributed by atoms with Crippen molar-refractivity contribution in [2.75, 3.05) is 32.7 Å². The highest BCUT2D eigenvalue weighted by Gasteiger charge is 2.32. The second-order valence-electron chi connectivity index (χ2n) is 5.44. The van der Waals surface area contributed by atoms with Gasteiger partial charge in [0.15, 0.2) is 0 Å². The molecule has 1 aromatic carbocycles. The average Bonchev–Trinajstić information content (AvgIpc) is 2.54. The molecule has 0 saturated carbocycles. The highest BCUT2D eigenvalue weighted by atomic mass is 32.2. The van der Waals surface area contributed by atoms with Crippen molar-refractivity contribution in [1.82, 2.24) is 14.5 Å². The lowest BCUT2D eigenvalue weighted by molar-refractivity contribution is -0.126. The summed E-state index contributed by atoms with van der Waals surface area (Å²) in [5, 5.41) is 2.76. The number of hydrogen-bond acceptors (Lipinski definition) is 4. The number of carbonyl (C=O) groups excluding carboxylic acids is 1.